The van der Waals surface area contributed by atoms with Crippen molar-refractivity contribution in [1.29, 1.82) is 0 Å². The van der Waals surface area contributed by atoms with Crippen LogP contribution in [0.3, 0.4) is 0 Å². The van der Waals surface area contributed by atoms with Gasteiger partial charge in [-0.25, -0.2) is 0 Å². The lowest BCUT2D eigenvalue weighted by molar-refractivity contribution is -0.305. The third-order valence-corrected chi connectivity index (χ3v) is 9.84. The van der Waals surface area contributed by atoms with Crippen molar-refractivity contribution in [3.05, 3.63) is 24.3 Å². The van der Waals surface area contributed by atoms with E-state index >= 15 is 0 Å². The van der Waals surface area contributed by atoms with Gasteiger partial charge in [0.05, 0.1) is 13.2 Å². The number of carbonyl (C=O) groups is 2. The molecule has 0 aromatic carbocycles. The van der Waals surface area contributed by atoms with Crippen LogP contribution >= 0.6 is 0 Å². The molecule has 0 amide bonds. The fourth-order valence-electron chi connectivity index (χ4n) is 6.39. The first-order valence-corrected chi connectivity index (χ1v) is 21.4. The number of hydrogen-bond acceptors (Lipinski definition) is 10. The predicted octanol–water partition coefficient (Wildman–Crippen LogP) is 8.55. The summed E-state index contributed by atoms with van der Waals surface area (Å²) in [6, 6.07) is 0. The Hall–Kier alpha value is -1.82. The Labute approximate surface area is 322 Å². The van der Waals surface area contributed by atoms with E-state index < -0.39 is 49.4 Å². The summed E-state index contributed by atoms with van der Waals surface area (Å²) in [4.78, 5) is 25.2. The standard InChI is InChI=1S/C43H78O10/c1-3-5-7-9-11-13-15-16-17-18-19-20-22-24-26-28-30-32-39(46)52-36(35-51-43-42(49)41(48)40(47)37(33-44)53-43)34-50-38(45)31-29-27-25-23-21-14-12-10-8-6-4-2/h11,13,16-17,36-37,40-44,47-49H,3-10,12,14-15,18-35H2,1-2H3/b13-11-,17-16-. The van der Waals surface area contributed by atoms with Crippen molar-refractivity contribution in [3.63, 3.8) is 0 Å². The van der Waals surface area contributed by atoms with Crippen LogP contribution in [0.1, 0.15) is 181 Å². The van der Waals surface area contributed by atoms with Crippen molar-refractivity contribution in [2.24, 2.45) is 0 Å². The largest absolute Gasteiger partial charge is 0.462 e. The minimum Gasteiger partial charge on any atom is -0.462 e. The summed E-state index contributed by atoms with van der Waals surface area (Å²) in [5.74, 6) is -0.812. The van der Waals surface area contributed by atoms with Crippen LogP contribution in [-0.2, 0) is 28.5 Å². The van der Waals surface area contributed by atoms with Crippen LogP contribution in [0.15, 0.2) is 24.3 Å². The topological polar surface area (TPSA) is 152 Å². The zero-order valence-electron chi connectivity index (χ0n) is 33.5. The highest BCUT2D eigenvalue weighted by atomic mass is 16.7. The number of ether oxygens (including phenoxy) is 4. The van der Waals surface area contributed by atoms with Crippen LogP contribution in [0.4, 0.5) is 0 Å². The molecule has 4 N–H and O–H groups in total. The van der Waals surface area contributed by atoms with Crippen molar-refractivity contribution in [3.8, 4) is 0 Å². The first-order valence-electron chi connectivity index (χ1n) is 21.4. The number of aliphatic hydroxyl groups is 4. The SMILES string of the molecule is CCCCC/C=C\C/C=C\CCCCCCCCCC(=O)OC(COC(=O)CCCCCCCCCCCCC)COC1OC(CO)C(O)C(O)C1O. The summed E-state index contributed by atoms with van der Waals surface area (Å²) in [5, 5.41) is 40.0. The van der Waals surface area contributed by atoms with E-state index in [9.17, 15) is 30.0 Å². The highest BCUT2D eigenvalue weighted by Gasteiger charge is 2.44. The van der Waals surface area contributed by atoms with Crippen molar-refractivity contribution < 1.29 is 49.0 Å². The molecule has 1 aliphatic heterocycles. The molecule has 0 saturated carbocycles. The Morgan fingerprint density at radius 1 is 0.585 bits per heavy atom. The van der Waals surface area contributed by atoms with E-state index in [1.807, 2.05) is 0 Å². The lowest BCUT2D eigenvalue weighted by Gasteiger charge is -2.39. The van der Waals surface area contributed by atoms with Crippen molar-refractivity contribution >= 4 is 11.9 Å². The Bertz CT molecular complexity index is 923. The van der Waals surface area contributed by atoms with Gasteiger partial charge in [-0.3, -0.25) is 9.59 Å². The Morgan fingerprint density at radius 3 is 1.60 bits per heavy atom. The summed E-state index contributed by atoms with van der Waals surface area (Å²) in [6.45, 7) is 3.38. The van der Waals surface area contributed by atoms with Crippen LogP contribution in [0.5, 0.6) is 0 Å². The lowest BCUT2D eigenvalue weighted by Crippen LogP contribution is -2.59. The number of allylic oxidation sites excluding steroid dienone is 4. The van der Waals surface area contributed by atoms with E-state index in [-0.39, 0.29) is 32.0 Å². The minimum absolute atomic E-state index is 0.217. The number of aliphatic hydroxyl groups excluding tert-OH is 4. The molecule has 10 heteroatoms. The molecule has 53 heavy (non-hydrogen) atoms. The maximum absolute atomic E-state index is 12.7. The van der Waals surface area contributed by atoms with E-state index in [1.54, 1.807) is 0 Å². The molecule has 1 saturated heterocycles. The predicted molar refractivity (Wildman–Crippen MR) is 210 cm³/mol. The van der Waals surface area contributed by atoms with Crippen LogP contribution in [0, 0.1) is 0 Å². The average Bonchev–Trinajstić information content (AvgIpc) is 3.15. The minimum atomic E-state index is -1.59. The van der Waals surface area contributed by atoms with Crippen LogP contribution in [-0.4, -0.2) is 89.0 Å². The highest BCUT2D eigenvalue weighted by molar-refractivity contribution is 5.70. The van der Waals surface area contributed by atoms with Gasteiger partial charge in [-0.05, 0) is 44.9 Å². The van der Waals surface area contributed by atoms with Gasteiger partial charge < -0.3 is 39.4 Å². The second-order valence-corrected chi connectivity index (χ2v) is 14.8. The van der Waals surface area contributed by atoms with Gasteiger partial charge >= 0.3 is 11.9 Å². The van der Waals surface area contributed by atoms with Gasteiger partial charge in [-0.1, -0.05) is 147 Å². The molecule has 1 rings (SSSR count). The van der Waals surface area contributed by atoms with Crippen LogP contribution in [0.25, 0.3) is 0 Å². The van der Waals surface area contributed by atoms with Gasteiger partial charge in [0.2, 0.25) is 0 Å². The van der Waals surface area contributed by atoms with E-state index in [0.29, 0.717) is 6.42 Å². The normalized spacial score (nSPS) is 21.1. The summed E-state index contributed by atoms with van der Waals surface area (Å²) in [6.07, 6.45) is 29.0. The third kappa shape index (κ3) is 26.6. The maximum atomic E-state index is 12.7. The molecule has 0 bridgehead atoms. The van der Waals surface area contributed by atoms with Crippen LogP contribution < -0.4 is 0 Å². The molecule has 0 aliphatic carbocycles. The second kappa shape index (κ2) is 34.7. The Balaban J connectivity index is 2.35. The van der Waals surface area contributed by atoms with Gasteiger partial charge in [-0.2, -0.15) is 0 Å². The van der Waals surface area contributed by atoms with Crippen LogP contribution in [0.2, 0.25) is 0 Å². The van der Waals surface area contributed by atoms with Crippen molar-refractivity contribution in [2.45, 2.75) is 218 Å². The quantitative estimate of drug-likeness (QED) is 0.0281. The number of carbonyl (C=O) groups excluding carboxylic acids is 2. The van der Waals surface area contributed by atoms with Crippen molar-refractivity contribution in [1.82, 2.24) is 0 Å². The maximum Gasteiger partial charge on any atom is 0.306 e. The molecule has 0 aromatic heterocycles. The third-order valence-electron chi connectivity index (χ3n) is 9.84. The summed E-state index contributed by atoms with van der Waals surface area (Å²) in [7, 11) is 0. The number of unbranched alkanes of at least 4 members (excludes halogenated alkanes) is 20. The molecule has 310 valence electrons. The molecule has 1 aliphatic rings. The zero-order valence-corrected chi connectivity index (χ0v) is 33.5. The van der Waals surface area contributed by atoms with E-state index in [0.717, 1.165) is 51.4 Å². The number of rotatable bonds is 35. The zero-order chi connectivity index (χ0) is 38.8. The number of hydrogen-bond donors (Lipinski definition) is 4. The molecule has 0 radical (unpaired) electrons. The van der Waals surface area contributed by atoms with Gasteiger partial charge in [0, 0.05) is 12.8 Å². The van der Waals surface area contributed by atoms with Gasteiger partial charge in [-0.15, -0.1) is 0 Å². The van der Waals surface area contributed by atoms with Gasteiger partial charge in [0.25, 0.3) is 0 Å². The highest BCUT2D eigenvalue weighted by Crippen LogP contribution is 2.22. The molecule has 6 unspecified atom stereocenters. The summed E-state index contributed by atoms with van der Waals surface area (Å²) >= 11 is 0. The molecule has 10 nitrogen and oxygen atoms in total. The molecule has 0 aromatic rings. The average molecular weight is 755 g/mol. The Kier molecular flexibility index (Phi) is 32.2. The molecule has 6 atom stereocenters. The molecule has 1 heterocycles. The molecule has 1 fully saturated rings. The molecule has 0 spiro atoms. The molecular weight excluding hydrogens is 676 g/mol. The van der Waals surface area contributed by atoms with Gasteiger partial charge in [0.1, 0.15) is 31.0 Å². The van der Waals surface area contributed by atoms with E-state index in [1.165, 1.54) is 96.3 Å². The summed E-state index contributed by atoms with van der Waals surface area (Å²) in [5.41, 5.74) is 0. The van der Waals surface area contributed by atoms with E-state index in [2.05, 4.69) is 38.2 Å². The first kappa shape index (κ1) is 49.2. The number of esters is 2. The lowest BCUT2D eigenvalue weighted by atomic mass is 9.99. The summed E-state index contributed by atoms with van der Waals surface area (Å²) < 4.78 is 22.1. The van der Waals surface area contributed by atoms with Crippen molar-refractivity contribution in [2.75, 3.05) is 19.8 Å². The second-order valence-electron chi connectivity index (χ2n) is 14.8. The van der Waals surface area contributed by atoms with E-state index in [4.69, 9.17) is 18.9 Å². The fourth-order valence-corrected chi connectivity index (χ4v) is 6.39. The molecular formula is C43H78O10. The smallest absolute Gasteiger partial charge is 0.306 e. The monoisotopic (exact) mass is 755 g/mol. The fraction of sp³-hybridized carbons (Fsp3) is 0.860. The van der Waals surface area contributed by atoms with Gasteiger partial charge in [0.15, 0.2) is 12.4 Å². The Morgan fingerprint density at radius 2 is 1.06 bits per heavy atom. The first-order chi connectivity index (χ1) is 25.8.